The number of likely N-dealkylation sites (tertiary alicyclic amines) is 1. The van der Waals surface area contributed by atoms with Crippen LogP contribution in [0.4, 0.5) is 0 Å². The summed E-state index contributed by atoms with van der Waals surface area (Å²) in [5.74, 6) is -0.888. The summed E-state index contributed by atoms with van der Waals surface area (Å²) < 4.78 is 15.7. The molecule has 2 saturated carbocycles. The molecular formula is C24H24N2O7S2. The first-order valence-electron chi connectivity index (χ1n) is 11.4. The van der Waals surface area contributed by atoms with Crippen LogP contribution in [-0.4, -0.2) is 60.8 Å². The number of fused-ring (bicyclic) bond motifs is 9. The van der Waals surface area contributed by atoms with E-state index in [4.69, 9.17) is 14.2 Å². The Hall–Kier alpha value is -2.79. The third-order valence-electron chi connectivity index (χ3n) is 8.10. The summed E-state index contributed by atoms with van der Waals surface area (Å²) in [6.07, 6.45) is 0.782. The lowest BCUT2D eigenvalue weighted by Crippen LogP contribution is -2.42. The highest BCUT2D eigenvalue weighted by atomic mass is 32.2. The number of esters is 1. The van der Waals surface area contributed by atoms with Gasteiger partial charge in [0.2, 0.25) is 11.8 Å². The highest BCUT2D eigenvalue weighted by Gasteiger charge is 2.69. The summed E-state index contributed by atoms with van der Waals surface area (Å²) in [4.78, 5) is 55.8. The minimum Gasteiger partial charge on any atom is -0.493 e. The minimum atomic E-state index is -0.603. The Labute approximate surface area is 209 Å². The molecule has 2 amide bonds. The number of H-pyrrole nitrogens is 1. The Morgan fingerprint density at radius 2 is 1.77 bits per heavy atom. The van der Waals surface area contributed by atoms with Gasteiger partial charge in [0.15, 0.2) is 11.5 Å². The van der Waals surface area contributed by atoms with Crippen molar-refractivity contribution in [1.82, 2.24) is 9.88 Å². The van der Waals surface area contributed by atoms with E-state index in [0.717, 1.165) is 26.8 Å². The zero-order valence-electron chi connectivity index (χ0n) is 19.3. The van der Waals surface area contributed by atoms with Gasteiger partial charge in [0, 0.05) is 16.0 Å². The highest BCUT2D eigenvalue weighted by molar-refractivity contribution is 8.00. The molecule has 184 valence electrons. The maximum absolute atomic E-state index is 13.4. The number of hydrogen-bond acceptors (Lipinski definition) is 9. The van der Waals surface area contributed by atoms with Crippen molar-refractivity contribution in [3.63, 3.8) is 0 Å². The summed E-state index contributed by atoms with van der Waals surface area (Å²) in [5, 5.41) is 0.917. The molecule has 1 saturated heterocycles. The third kappa shape index (κ3) is 3.13. The number of thiazole rings is 1. The number of methoxy groups -OCH3 is 3. The van der Waals surface area contributed by atoms with Gasteiger partial charge in [-0.05, 0) is 41.9 Å². The van der Waals surface area contributed by atoms with Gasteiger partial charge in [-0.3, -0.25) is 24.1 Å². The minimum absolute atomic E-state index is 0.00158. The van der Waals surface area contributed by atoms with Crippen LogP contribution in [-0.2, 0) is 19.1 Å². The lowest BCUT2D eigenvalue weighted by molar-refractivity contribution is -0.151. The van der Waals surface area contributed by atoms with Crippen molar-refractivity contribution in [2.75, 3.05) is 27.9 Å². The summed E-state index contributed by atoms with van der Waals surface area (Å²) in [7, 11) is 4.41. The fourth-order valence-electron chi connectivity index (χ4n) is 6.85. The second-order valence-corrected chi connectivity index (χ2v) is 11.6. The maximum Gasteiger partial charge on any atom is 0.325 e. The normalized spacial score (nSPS) is 32.3. The molecule has 6 rings (SSSR count). The lowest BCUT2D eigenvalue weighted by Gasteiger charge is -2.43. The first kappa shape index (κ1) is 22.7. The first-order valence-corrected chi connectivity index (χ1v) is 13.1. The number of thioether (sulfide) groups is 1. The van der Waals surface area contributed by atoms with Crippen LogP contribution in [0.2, 0.25) is 0 Å². The SMILES string of the molecule is COC(=O)CN1C(=O)[C@@H]2[C@H]3C[C@@H]([C@@H]4Sc5[nH]c(=O)sc5[C@@H](c5ccc(OC)c(OC)c5)[C@@H]34)[C@H]2C1=O. The van der Waals surface area contributed by atoms with Gasteiger partial charge in [-0.1, -0.05) is 17.4 Å². The highest BCUT2D eigenvalue weighted by Crippen LogP contribution is 2.68. The second kappa shape index (κ2) is 8.12. The molecule has 4 aliphatic rings. The van der Waals surface area contributed by atoms with Crippen molar-refractivity contribution >= 4 is 40.9 Å². The van der Waals surface area contributed by atoms with Gasteiger partial charge in [-0.25, -0.2) is 0 Å². The Morgan fingerprint density at radius 1 is 1.06 bits per heavy atom. The molecule has 2 aliphatic heterocycles. The molecule has 2 aromatic rings. The monoisotopic (exact) mass is 516 g/mol. The third-order valence-corrected chi connectivity index (χ3v) is 10.7. The van der Waals surface area contributed by atoms with Gasteiger partial charge >= 0.3 is 10.8 Å². The van der Waals surface area contributed by atoms with Gasteiger partial charge in [0.1, 0.15) is 6.54 Å². The van der Waals surface area contributed by atoms with Crippen LogP contribution in [0, 0.1) is 29.6 Å². The number of aromatic nitrogens is 1. The number of nitrogens with one attached hydrogen (secondary N) is 1. The van der Waals surface area contributed by atoms with E-state index in [1.807, 2.05) is 18.2 Å². The van der Waals surface area contributed by atoms with Crippen molar-refractivity contribution in [3.8, 4) is 11.5 Å². The molecule has 0 spiro atoms. The van der Waals surface area contributed by atoms with Gasteiger partial charge in [-0.2, -0.15) is 0 Å². The van der Waals surface area contributed by atoms with Gasteiger partial charge in [0.05, 0.1) is 38.2 Å². The van der Waals surface area contributed by atoms with E-state index in [9.17, 15) is 19.2 Å². The molecule has 11 heteroatoms. The van der Waals surface area contributed by atoms with E-state index in [2.05, 4.69) is 4.98 Å². The Balaban J connectivity index is 1.43. The Kier molecular flexibility index (Phi) is 5.26. The van der Waals surface area contributed by atoms with E-state index < -0.39 is 17.8 Å². The number of imide groups is 1. The van der Waals surface area contributed by atoms with Crippen LogP contribution in [0.25, 0.3) is 0 Å². The average molecular weight is 517 g/mol. The Bertz CT molecular complexity index is 1300. The van der Waals surface area contributed by atoms with E-state index >= 15 is 0 Å². The van der Waals surface area contributed by atoms with E-state index in [-0.39, 0.29) is 52.2 Å². The van der Waals surface area contributed by atoms with Crippen molar-refractivity contribution in [1.29, 1.82) is 0 Å². The topological polar surface area (TPSA) is 115 Å². The van der Waals surface area contributed by atoms with Crippen molar-refractivity contribution < 1.29 is 28.6 Å². The van der Waals surface area contributed by atoms with Gasteiger partial charge in [-0.15, -0.1) is 11.8 Å². The zero-order valence-corrected chi connectivity index (χ0v) is 20.9. The molecule has 1 aromatic carbocycles. The standard InChI is InChI=1S/C24H24N2O7S2/c1-31-12-5-4-9(6-13(12)32-2)15-16-10-7-11(19(16)34-21-20(15)35-24(30)25-21)18-17(10)22(28)26(23(18)29)8-14(27)33-3/h4-6,10-11,15-19H,7-8H2,1-3H3,(H,25,30)/t10-,11+,15-,16+,17+,18+,19-/m0/s1. The molecule has 1 N–H and O–H groups in total. The number of aromatic amines is 1. The number of ether oxygens (including phenoxy) is 3. The molecule has 9 nitrogen and oxygen atoms in total. The largest absolute Gasteiger partial charge is 0.493 e. The number of amides is 2. The molecule has 3 fully saturated rings. The molecule has 7 atom stereocenters. The predicted molar refractivity (Wildman–Crippen MR) is 127 cm³/mol. The molecule has 0 radical (unpaired) electrons. The number of hydrogen-bond donors (Lipinski definition) is 1. The quantitative estimate of drug-likeness (QED) is 0.475. The predicted octanol–water partition coefficient (Wildman–Crippen LogP) is 2.10. The smallest absolute Gasteiger partial charge is 0.325 e. The summed E-state index contributed by atoms with van der Waals surface area (Å²) >= 11 is 2.83. The molecule has 35 heavy (non-hydrogen) atoms. The summed E-state index contributed by atoms with van der Waals surface area (Å²) in [6, 6.07) is 5.79. The number of carbonyl (C=O) groups excluding carboxylic acids is 3. The van der Waals surface area contributed by atoms with Crippen LogP contribution < -0.4 is 14.3 Å². The van der Waals surface area contributed by atoms with E-state index in [1.165, 1.54) is 18.4 Å². The fourth-order valence-corrected chi connectivity index (χ4v) is 9.74. The molecule has 0 unspecified atom stereocenters. The van der Waals surface area contributed by atoms with Crippen LogP contribution >= 0.6 is 23.1 Å². The average Bonchev–Trinajstić information content (AvgIpc) is 3.59. The molecule has 2 aliphatic carbocycles. The number of carbonyl (C=O) groups is 3. The Morgan fingerprint density at radius 3 is 2.46 bits per heavy atom. The maximum atomic E-state index is 13.4. The van der Waals surface area contributed by atoms with Gasteiger partial charge < -0.3 is 19.2 Å². The molecule has 2 bridgehead atoms. The van der Waals surface area contributed by atoms with E-state index in [0.29, 0.717) is 11.5 Å². The molecular weight excluding hydrogens is 492 g/mol. The van der Waals surface area contributed by atoms with Crippen molar-refractivity contribution in [2.45, 2.75) is 22.6 Å². The summed E-state index contributed by atoms with van der Waals surface area (Å²) in [6.45, 7) is -0.344. The van der Waals surface area contributed by atoms with Gasteiger partial charge in [0.25, 0.3) is 0 Å². The number of rotatable bonds is 5. The van der Waals surface area contributed by atoms with Crippen molar-refractivity contribution in [2.24, 2.45) is 29.6 Å². The number of benzene rings is 1. The van der Waals surface area contributed by atoms with Crippen LogP contribution in [0.3, 0.4) is 0 Å². The van der Waals surface area contributed by atoms with Crippen molar-refractivity contribution in [3.05, 3.63) is 38.3 Å². The molecule has 3 heterocycles. The fraction of sp³-hybridized carbons (Fsp3) is 0.500. The second-order valence-electron chi connectivity index (χ2n) is 9.41. The van der Waals surface area contributed by atoms with Crippen LogP contribution in [0.5, 0.6) is 11.5 Å². The van der Waals surface area contributed by atoms with E-state index in [1.54, 1.807) is 26.0 Å². The molecule has 1 aromatic heterocycles. The number of nitrogens with zero attached hydrogens (tertiary/aromatic N) is 1. The van der Waals surface area contributed by atoms with Crippen LogP contribution in [0.15, 0.2) is 28.0 Å². The lowest BCUT2D eigenvalue weighted by atomic mass is 9.68. The van der Waals surface area contributed by atoms with Crippen LogP contribution in [0.1, 0.15) is 22.8 Å². The first-order chi connectivity index (χ1) is 16.9. The zero-order chi connectivity index (χ0) is 24.6. The summed E-state index contributed by atoms with van der Waals surface area (Å²) in [5.41, 5.74) is 0.988.